The van der Waals surface area contributed by atoms with Crippen LogP contribution in [0, 0.1) is 0 Å². The van der Waals surface area contributed by atoms with Gasteiger partial charge < -0.3 is 10.1 Å². The molecule has 112 valence electrons. The lowest BCUT2D eigenvalue weighted by Gasteiger charge is -2.36. The third-order valence-electron chi connectivity index (χ3n) is 4.38. The molecule has 1 fully saturated rings. The standard InChI is InChI=1S/C17H28N2O/c1-4-11-18-17(15-8-6-5-7-9-15)14(2)19(3)16-10-12-20-13-16/h5-9,14,16-18H,4,10-13H2,1-3H3. The van der Waals surface area contributed by atoms with Crippen LogP contribution in [-0.2, 0) is 4.74 Å². The molecule has 20 heavy (non-hydrogen) atoms. The molecule has 0 bridgehead atoms. The van der Waals surface area contributed by atoms with Crippen LogP contribution >= 0.6 is 0 Å². The largest absolute Gasteiger partial charge is 0.380 e. The minimum Gasteiger partial charge on any atom is -0.380 e. The van der Waals surface area contributed by atoms with Crippen molar-refractivity contribution in [3.63, 3.8) is 0 Å². The molecule has 0 saturated carbocycles. The second-order valence-corrected chi connectivity index (χ2v) is 5.77. The normalized spacial score (nSPS) is 22.1. The lowest BCUT2D eigenvalue weighted by atomic mass is 9.98. The number of nitrogens with one attached hydrogen (secondary N) is 1. The monoisotopic (exact) mass is 276 g/mol. The minimum absolute atomic E-state index is 0.377. The third kappa shape index (κ3) is 3.81. The summed E-state index contributed by atoms with van der Waals surface area (Å²) < 4.78 is 5.53. The highest BCUT2D eigenvalue weighted by Crippen LogP contribution is 2.24. The molecule has 0 aliphatic carbocycles. The van der Waals surface area contributed by atoms with Gasteiger partial charge in [0.25, 0.3) is 0 Å². The van der Waals surface area contributed by atoms with Gasteiger partial charge in [0.05, 0.1) is 6.61 Å². The van der Waals surface area contributed by atoms with E-state index < -0.39 is 0 Å². The number of hydrogen-bond acceptors (Lipinski definition) is 3. The van der Waals surface area contributed by atoms with E-state index in [9.17, 15) is 0 Å². The Balaban J connectivity index is 2.08. The summed E-state index contributed by atoms with van der Waals surface area (Å²) in [6, 6.07) is 12.2. The van der Waals surface area contributed by atoms with Crippen LogP contribution in [0.1, 0.15) is 38.3 Å². The summed E-state index contributed by atoms with van der Waals surface area (Å²) in [7, 11) is 2.23. The average Bonchev–Trinajstić information content (AvgIpc) is 3.02. The first kappa shape index (κ1) is 15.5. The van der Waals surface area contributed by atoms with Crippen LogP contribution in [0.25, 0.3) is 0 Å². The zero-order valence-electron chi connectivity index (χ0n) is 13.0. The molecule has 1 aliphatic heterocycles. The molecule has 1 saturated heterocycles. The van der Waals surface area contributed by atoms with Gasteiger partial charge in [0, 0.05) is 24.7 Å². The maximum Gasteiger partial charge on any atom is 0.0622 e. The average molecular weight is 276 g/mol. The third-order valence-corrected chi connectivity index (χ3v) is 4.38. The molecule has 0 aromatic heterocycles. The summed E-state index contributed by atoms with van der Waals surface area (Å²) in [5.74, 6) is 0. The van der Waals surface area contributed by atoms with Gasteiger partial charge in [-0.3, -0.25) is 4.90 Å². The van der Waals surface area contributed by atoms with Crippen molar-refractivity contribution in [3.8, 4) is 0 Å². The Labute approximate surface area is 123 Å². The molecule has 3 nitrogen and oxygen atoms in total. The van der Waals surface area contributed by atoms with E-state index in [0.717, 1.165) is 32.6 Å². The van der Waals surface area contributed by atoms with Gasteiger partial charge in [0.15, 0.2) is 0 Å². The molecule has 1 aromatic carbocycles. The highest BCUT2D eigenvalue weighted by molar-refractivity contribution is 5.20. The van der Waals surface area contributed by atoms with Crippen molar-refractivity contribution in [1.82, 2.24) is 10.2 Å². The van der Waals surface area contributed by atoms with Gasteiger partial charge in [-0.1, -0.05) is 37.3 Å². The summed E-state index contributed by atoms with van der Waals surface area (Å²) in [5.41, 5.74) is 1.37. The summed E-state index contributed by atoms with van der Waals surface area (Å²) in [6.07, 6.45) is 2.31. The van der Waals surface area contributed by atoms with Crippen LogP contribution in [0.15, 0.2) is 30.3 Å². The summed E-state index contributed by atoms with van der Waals surface area (Å²) >= 11 is 0. The molecule has 3 atom stereocenters. The van der Waals surface area contributed by atoms with E-state index in [2.05, 4.69) is 61.4 Å². The van der Waals surface area contributed by atoms with Gasteiger partial charge in [0.1, 0.15) is 0 Å². The van der Waals surface area contributed by atoms with Crippen LogP contribution in [0.5, 0.6) is 0 Å². The fraction of sp³-hybridized carbons (Fsp3) is 0.647. The second-order valence-electron chi connectivity index (χ2n) is 5.77. The molecule has 1 N–H and O–H groups in total. The van der Waals surface area contributed by atoms with Crippen LogP contribution < -0.4 is 5.32 Å². The van der Waals surface area contributed by atoms with Gasteiger partial charge in [0.2, 0.25) is 0 Å². The first-order valence-corrected chi connectivity index (χ1v) is 7.82. The first-order valence-electron chi connectivity index (χ1n) is 7.82. The van der Waals surface area contributed by atoms with Gasteiger partial charge >= 0.3 is 0 Å². The van der Waals surface area contributed by atoms with Crippen molar-refractivity contribution >= 4 is 0 Å². The molecular formula is C17H28N2O. The van der Waals surface area contributed by atoms with Crippen molar-refractivity contribution in [3.05, 3.63) is 35.9 Å². The van der Waals surface area contributed by atoms with Crippen molar-refractivity contribution in [2.45, 2.75) is 44.8 Å². The zero-order valence-corrected chi connectivity index (χ0v) is 13.0. The molecule has 3 heteroatoms. The van der Waals surface area contributed by atoms with Crippen molar-refractivity contribution in [2.75, 3.05) is 26.8 Å². The van der Waals surface area contributed by atoms with E-state index in [1.807, 2.05) is 0 Å². The molecule has 1 aliphatic rings. The molecule has 0 amide bonds. The Hall–Kier alpha value is -0.900. The molecule has 0 spiro atoms. The predicted octanol–water partition coefficient (Wildman–Crippen LogP) is 2.84. The summed E-state index contributed by atoms with van der Waals surface area (Å²) in [4.78, 5) is 2.48. The van der Waals surface area contributed by atoms with Gasteiger partial charge in [-0.05, 0) is 38.9 Å². The smallest absolute Gasteiger partial charge is 0.0622 e. The van der Waals surface area contributed by atoms with Crippen molar-refractivity contribution < 1.29 is 4.74 Å². The van der Waals surface area contributed by atoms with Crippen molar-refractivity contribution in [1.29, 1.82) is 0 Å². The summed E-state index contributed by atoms with van der Waals surface area (Å²) in [6.45, 7) is 7.36. The fourth-order valence-corrected chi connectivity index (χ4v) is 2.94. The lowest BCUT2D eigenvalue weighted by Crippen LogP contribution is -2.46. The molecule has 0 radical (unpaired) electrons. The number of nitrogens with zero attached hydrogens (tertiary/aromatic N) is 1. The quantitative estimate of drug-likeness (QED) is 0.829. The van der Waals surface area contributed by atoms with E-state index >= 15 is 0 Å². The van der Waals surface area contributed by atoms with Crippen LogP contribution in [0.4, 0.5) is 0 Å². The number of ether oxygens (including phenoxy) is 1. The molecule has 2 rings (SSSR count). The molecule has 1 heterocycles. The topological polar surface area (TPSA) is 24.5 Å². The van der Waals surface area contributed by atoms with Crippen molar-refractivity contribution in [2.24, 2.45) is 0 Å². The van der Waals surface area contributed by atoms with E-state index in [1.54, 1.807) is 0 Å². The Morgan fingerprint density at radius 3 is 2.70 bits per heavy atom. The highest BCUT2D eigenvalue weighted by atomic mass is 16.5. The Morgan fingerprint density at radius 1 is 1.35 bits per heavy atom. The second kappa shape index (κ2) is 7.77. The Morgan fingerprint density at radius 2 is 2.10 bits per heavy atom. The number of hydrogen-bond donors (Lipinski definition) is 1. The lowest BCUT2D eigenvalue weighted by molar-refractivity contribution is 0.120. The fourth-order valence-electron chi connectivity index (χ4n) is 2.94. The molecule has 1 aromatic rings. The number of rotatable bonds is 7. The highest BCUT2D eigenvalue weighted by Gasteiger charge is 2.29. The first-order chi connectivity index (χ1) is 9.74. The zero-order chi connectivity index (χ0) is 14.4. The minimum atomic E-state index is 0.377. The van der Waals surface area contributed by atoms with Gasteiger partial charge in [-0.15, -0.1) is 0 Å². The molecule has 3 unspecified atom stereocenters. The summed E-state index contributed by atoms with van der Waals surface area (Å²) in [5, 5.41) is 3.71. The van der Waals surface area contributed by atoms with Crippen LogP contribution in [-0.4, -0.2) is 43.8 Å². The van der Waals surface area contributed by atoms with E-state index in [0.29, 0.717) is 18.1 Å². The number of benzene rings is 1. The Kier molecular flexibility index (Phi) is 6.02. The van der Waals surface area contributed by atoms with E-state index in [-0.39, 0.29) is 0 Å². The van der Waals surface area contributed by atoms with Crippen LogP contribution in [0.2, 0.25) is 0 Å². The molecular weight excluding hydrogens is 248 g/mol. The number of likely N-dealkylation sites (N-methyl/N-ethyl adjacent to an activating group) is 1. The van der Waals surface area contributed by atoms with E-state index in [1.165, 1.54) is 5.56 Å². The predicted molar refractivity (Wildman–Crippen MR) is 83.9 cm³/mol. The van der Waals surface area contributed by atoms with Gasteiger partial charge in [-0.25, -0.2) is 0 Å². The van der Waals surface area contributed by atoms with Gasteiger partial charge in [-0.2, -0.15) is 0 Å². The van der Waals surface area contributed by atoms with Crippen LogP contribution in [0.3, 0.4) is 0 Å². The maximum atomic E-state index is 5.53. The Bertz CT molecular complexity index is 376. The van der Waals surface area contributed by atoms with E-state index in [4.69, 9.17) is 4.74 Å². The maximum absolute atomic E-state index is 5.53. The SMILES string of the molecule is CCCNC(c1ccccc1)C(C)N(C)C1CCOC1.